The van der Waals surface area contributed by atoms with Crippen LogP contribution in [0.1, 0.15) is 23.0 Å². The second-order valence-corrected chi connectivity index (χ2v) is 8.07. The number of rotatable bonds is 7. The number of thioether (sulfide) groups is 1. The molecule has 1 N–H and O–H groups in total. The number of nitrogens with one attached hydrogen (secondary N) is 1. The number of aromatic nitrogens is 2. The van der Waals surface area contributed by atoms with Crippen molar-refractivity contribution in [3.8, 4) is 11.6 Å². The van der Waals surface area contributed by atoms with Crippen LogP contribution in [0.2, 0.25) is 10.0 Å². The van der Waals surface area contributed by atoms with E-state index < -0.39 is 5.91 Å². The Morgan fingerprint density at radius 3 is 2.45 bits per heavy atom. The average Bonchev–Trinajstić information content (AvgIpc) is 3.28. The molecule has 7 nitrogen and oxygen atoms in total. The molecule has 0 saturated heterocycles. The molecule has 0 aliphatic carbocycles. The minimum atomic E-state index is -0.415. The van der Waals surface area contributed by atoms with Crippen molar-refractivity contribution < 1.29 is 14.0 Å². The van der Waals surface area contributed by atoms with E-state index in [1.165, 1.54) is 22.9 Å². The number of aryl methyl sites for hydroxylation is 1. The summed E-state index contributed by atoms with van der Waals surface area (Å²) in [7, 11) is 0. The predicted molar refractivity (Wildman–Crippen MR) is 123 cm³/mol. The average molecular weight is 479 g/mol. The number of anilines is 1. The summed E-state index contributed by atoms with van der Waals surface area (Å²) in [6.07, 6.45) is 3.36. The van der Waals surface area contributed by atoms with E-state index in [0.29, 0.717) is 50.1 Å². The van der Waals surface area contributed by atoms with E-state index in [1.807, 2.05) is 6.26 Å². The lowest BCUT2D eigenvalue weighted by Gasteiger charge is -2.22. The largest absolute Gasteiger partial charge is 0.461 e. The molecule has 0 aliphatic rings. The van der Waals surface area contributed by atoms with Crippen LogP contribution in [0.5, 0.6) is 0 Å². The second-order valence-electron chi connectivity index (χ2n) is 6.46. The molecule has 0 bridgehead atoms. The van der Waals surface area contributed by atoms with Gasteiger partial charge in [0.1, 0.15) is 11.6 Å². The van der Waals surface area contributed by atoms with Crippen molar-refractivity contribution in [2.24, 2.45) is 0 Å². The molecule has 0 radical (unpaired) electrons. The van der Waals surface area contributed by atoms with Crippen LogP contribution in [-0.2, 0) is 4.79 Å². The molecule has 162 valence electrons. The molecule has 2 heterocycles. The summed E-state index contributed by atoms with van der Waals surface area (Å²) in [5, 5.41) is 3.82. The molecule has 3 aromatic rings. The van der Waals surface area contributed by atoms with Crippen LogP contribution < -0.4 is 5.32 Å². The molecular formula is C21H20Cl2N4O3S. The molecular weight excluding hydrogens is 459 g/mol. The van der Waals surface area contributed by atoms with E-state index in [4.69, 9.17) is 27.6 Å². The number of furan rings is 1. The van der Waals surface area contributed by atoms with E-state index in [2.05, 4.69) is 15.3 Å². The fraction of sp³-hybridized carbons (Fsp3) is 0.238. The van der Waals surface area contributed by atoms with Crippen molar-refractivity contribution in [2.45, 2.75) is 18.9 Å². The number of benzene rings is 1. The van der Waals surface area contributed by atoms with Crippen LogP contribution in [0, 0.1) is 6.92 Å². The number of carbonyl (C=O) groups is 2. The molecule has 0 fully saturated rings. The molecule has 0 unspecified atom stereocenters. The zero-order chi connectivity index (χ0) is 22.5. The van der Waals surface area contributed by atoms with E-state index in [0.717, 1.165) is 0 Å². The molecule has 0 atom stereocenters. The topological polar surface area (TPSA) is 88.3 Å². The van der Waals surface area contributed by atoms with Gasteiger partial charge in [-0.1, -0.05) is 29.3 Å². The SMILES string of the molecule is CCN(CC(=O)Nc1c(Cl)cccc1Cl)C(=O)c1c(C)nc(-c2ccco2)nc1SC. The van der Waals surface area contributed by atoms with Gasteiger partial charge in [-0.3, -0.25) is 9.59 Å². The van der Waals surface area contributed by atoms with Gasteiger partial charge in [0.05, 0.1) is 33.3 Å². The van der Waals surface area contributed by atoms with Crippen molar-refractivity contribution in [2.75, 3.05) is 24.7 Å². The number of hydrogen-bond donors (Lipinski definition) is 1. The van der Waals surface area contributed by atoms with Crippen LogP contribution >= 0.6 is 35.0 Å². The first kappa shape index (κ1) is 23.1. The van der Waals surface area contributed by atoms with E-state index in [9.17, 15) is 9.59 Å². The monoisotopic (exact) mass is 478 g/mol. The summed E-state index contributed by atoms with van der Waals surface area (Å²) < 4.78 is 5.37. The maximum Gasteiger partial charge on any atom is 0.258 e. The Morgan fingerprint density at radius 1 is 1.16 bits per heavy atom. The van der Waals surface area contributed by atoms with Gasteiger partial charge in [0, 0.05) is 6.54 Å². The Labute approximate surface area is 194 Å². The number of amides is 2. The highest BCUT2D eigenvalue weighted by Gasteiger charge is 2.25. The number of nitrogens with zero attached hydrogens (tertiary/aromatic N) is 3. The minimum absolute atomic E-state index is 0.177. The molecule has 0 spiro atoms. The third-order valence-electron chi connectivity index (χ3n) is 4.44. The van der Waals surface area contributed by atoms with Gasteiger partial charge in [0.15, 0.2) is 11.6 Å². The van der Waals surface area contributed by atoms with Crippen molar-refractivity contribution in [1.82, 2.24) is 14.9 Å². The van der Waals surface area contributed by atoms with Crippen LogP contribution in [0.3, 0.4) is 0 Å². The summed E-state index contributed by atoms with van der Waals surface area (Å²) in [6.45, 7) is 3.66. The quantitative estimate of drug-likeness (QED) is 0.371. The van der Waals surface area contributed by atoms with Crippen molar-refractivity contribution in [3.05, 3.63) is 57.9 Å². The van der Waals surface area contributed by atoms with Gasteiger partial charge in [0.2, 0.25) is 5.91 Å². The first-order chi connectivity index (χ1) is 14.8. The maximum absolute atomic E-state index is 13.3. The number of carbonyl (C=O) groups excluding carboxylic acids is 2. The van der Waals surface area contributed by atoms with Crippen LogP contribution in [-0.4, -0.2) is 46.0 Å². The summed E-state index contributed by atoms with van der Waals surface area (Å²) >= 11 is 13.6. The molecule has 0 aliphatic heterocycles. The molecule has 3 rings (SSSR count). The molecule has 10 heteroatoms. The smallest absolute Gasteiger partial charge is 0.258 e. The van der Waals surface area contributed by atoms with E-state index in [-0.39, 0.29) is 12.5 Å². The predicted octanol–water partition coefficient (Wildman–Crippen LogP) is 5.17. The fourth-order valence-corrected chi connectivity index (χ4v) is 4.02. The molecule has 2 amide bonds. The highest BCUT2D eigenvalue weighted by molar-refractivity contribution is 7.98. The first-order valence-electron chi connectivity index (χ1n) is 9.35. The third-order valence-corrected chi connectivity index (χ3v) is 5.75. The fourth-order valence-electron chi connectivity index (χ4n) is 2.91. The van der Waals surface area contributed by atoms with Gasteiger partial charge in [-0.25, -0.2) is 9.97 Å². The van der Waals surface area contributed by atoms with Gasteiger partial charge in [0.25, 0.3) is 5.91 Å². The number of likely N-dealkylation sites (N-methyl/N-ethyl adjacent to an activating group) is 1. The molecule has 1 aromatic carbocycles. The van der Waals surface area contributed by atoms with E-state index in [1.54, 1.807) is 44.2 Å². The second kappa shape index (κ2) is 10.2. The summed E-state index contributed by atoms with van der Waals surface area (Å²) in [6, 6.07) is 8.42. The molecule has 2 aromatic heterocycles. The zero-order valence-corrected chi connectivity index (χ0v) is 19.4. The van der Waals surface area contributed by atoms with Crippen LogP contribution in [0.15, 0.2) is 46.0 Å². The standard InChI is InChI=1S/C21H20Cl2N4O3S/c1-4-27(11-16(28)25-18-13(22)7-5-8-14(18)23)21(29)17-12(2)24-19(26-20(17)31-3)15-9-6-10-30-15/h5-10H,4,11H2,1-3H3,(H,25,28). The summed E-state index contributed by atoms with van der Waals surface area (Å²) in [4.78, 5) is 36.2. The normalized spacial score (nSPS) is 10.7. The summed E-state index contributed by atoms with van der Waals surface area (Å²) in [5.41, 5.74) is 1.17. The van der Waals surface area contributed by atoms with Crippen molar-refractivity contribution >= 4 is 52.5 Å². The number of halogens is 2. The van der Waals surface area contributed by atoms with E-state index >= 15 is 0 Å². The van der Waals surface area contributed by atoms with Gasteiger partial charge < -0.3 is 14.6 Å². The Balaban J connectivity index is 1.84. The highest BCUT2D eigenvalue weighted by atomic mass is 35.5. The Morgan fingerprint density at radius 2 is 1.87 bits per heavy atom. The van der Waals surface area contributed by atoms with Crippen molar-refractivity contribution in [1.29, 1.82) is 0 Å². The third kappa shape index (κ3) is 5.20. The lowest BCUT2D eigenvalue weighted by molar-refractivity contribution is -0.116. The van der Waals surface area contributed by atoms with Gasteiger partial charge in [-0.15, -0.1) is 11.8 Å². The zero-order valence-electron chi connectivity index (χ0n) is 17.1. The lowest BCUT2D eigenvalue weighted by Crippen LogP contribution is -2.38. The summed E-state index contributed by atoms with van der Waals surface area (Å²) in [5.74, 6) is 0.163. The number of hydrogen-bond acceptors (Lipinski definition) is 6. The van der Waals surface area contributed by atoms with Gasteiger partial charge in [-0.2, -0.15) is 0 Å². The lowest BCUT2D eigenvalue weighted by atomic mass is 10.2. The Hall–Kier alpha value is -2.55. The highest BCUT2D eigenvalue weighted by Crippen LogP contribution is 2.30. The maximum atomic E-state index is 13.3. The Bertz CT molecular complexity index is 1090. The number of para-hydroxylation sites is 1. The Kier molecular flexibility index (Phi) is 7.59. The first-order valence-corrected chi connectivity index (χ1v) is 11.3. The van der Waals surface area contributed by atoms with Gasteiger partial charge >= 0.3 is 0 Å². The molecule has 0 saturated carbocycles. The van der Waals surface area contributed by atoms with Gasteiger partial charge in [-0.05, 0) is 44.4 Å². The van der Waals surface area contributed by atoms with Crippen LogP contribution in [0.4, 0.5) is 5.69 Å². The van der Waals surface area contributed by atoms with Crippen LogP contribution in [0.25, 0.3) is 11.6 Å². The van der Waals surface area contributed by atoms with Crippen molar-refractivity contribution in [3.63, 3.8) is 0 Å². The molecule has 31 heavy (non-hydrogen) atoms. The minimum Gasteiger partial charge on any atom is -0.461 e.